The number of hydrogen-bond donors (Lipinski definition) is 1. The fourth-order valence-electron chi connectivity index (χ4n) is 2.43. The van der Waals surface area contributed by atoms with Crippen LogP contribution in [0.2, 0.25) is 0 Å². The Labute approximate surface area is 105 Å². The number of carbonyl (C=O) groups is 1. The average molecular weight is 255 g/mol. The van der Waals surface area contributed by atoms with Gasteiger partial charge in [-0.05, 0) is 26.7 Å². The van der Waals surface area contributed by atoms with Crippen LogP contribution in [0.25, 0.3) is 0 Å². The summed E-state index contributed by atoms with van der Waals surface area (Å²) in [6, 6.07) is 0. The van der Waals surface area contributed by atoms with Gasteiger partial charge in [0, 0.05) is 11.5 Å². The second-order valence-corrected chi connectivity index (χ2v) is 5.57. The Hall–Kier alpha value is -0.940. The van der Waals surface area contributed by atoms with Crippen LogP contribution in [0.1, 0.15) is 53.0 Å². The standard InChI is InChI=1S/C12H17NO3S/c1-3-16-12(6-4-5-7-12)11-13-9(10(14)15)8(2)17-11/h3-7H2,1-2H3,(H,14,15). The Morgan fingerprint density at radius 3 is 2.65 bits per heavy atom. The molecule has 0 bridgehead atoms. The topological polar surface area (TPSA) is 59.4 Å². The molecule has 0 aliphatic heterocycles. The average Bonchev–Trinajstić information content (AvgIpc) is 2.86. The summed E-state index contributed by atoms with van der Waals surface area (Å²) < 4.78 is 5.88. The number of nitrogens with zero attached hydrogens (tertiary/aromatic N) is 1. The molecule has 0 saturated heterocycles. The van der Waals surface area contributed by atoms with Crippen LogP contribution >= 0.6 is 11.3 Å². The summed E-state index contributed by atoms with van der Waals surface area (Å²) in [5, 5.41) is 9.88. The quantitative estimate of drug-likeness (QED) is 0.898. The highest BCUT2D eigenvalue weighted by Crippen LogP contribution is 2.44. The van der Waals surface area contributed by atoms with E-state index in [0.717, 1.165) is 35.6 Å². The van der Waals surface area contributed by atoms with Crippen LogP contribution in [0, 0.1) is 6.92 Å². The van der Waals surface area contributed by atoms with E-state index in [-0.39, 0.29) is 11.3 Å². The van der Waals surface area contributed by atoms with E-state index >= 15 is 0 Å². The fraction of sp³-hybridized carbons (Fsp3) is 0.667. The van der Waals surface area contributed by atoms with Crippen molar-refractivity contribution in [2.45, 2.75) is 45.1 Å². The molecule has 1 heterocycles. The van der Waals surface area contributed by atoms with Gasteiger partial charge in [-0.1, -0.05) is 12.8 Å². The second-order valence-electron chi connectivity index (χ2n) is 4.36. The van der Waals surface area contributed by atoms with Gasteiger partial charge in [0.25, 0.3) is 0 Å². The van der Waals surface area contributed by atoms with E-state index in [1.54, 1.807) is 6.92 Å². The van der Waals surface area contributed by atoms with Crippen molar-refractivity contribution in [2.24, 2.45) is 0 Å². The third-order valence-corrected chi connectivity index (χ3v) is 4.38. The molecule has 5 heteroatoms. The molecule has 0 amide bonds. The van der Waals surface area contributed by atoms with Gasteiger partial charge in [0.2, 0.25) is 0 Å². The largest absolute Gasteiger partial charge is 0.476 e. The first-order chi connectivity index (χ1) is 8.09. The normalized spacial score (nSPS) is 18.5. The minimum Gasteiger partial charge on any atom is -0.476 e. The van der Waals surface area contributed by atoms with Crippen LogP contribution < -0.4 is 0 Å². The zero-order valence-corrected chi connectivity index (χ0v) is 11.0. The maximum atomic E-state index is 11.0. The summed E-state index contributed by atoms with van der Waals surface area (Å²) in [6.45, 7) is 4.42. The lowest BCUT2D eigenvalue weighted by Gasteiger charge is -2.26. The number of rotatable bonds is 4. The molecule has 1 saturated carbocycles. The second kappa shape index (κ2) is 4.74. The number of hydrogen-bond acceptors (Lipinski definition) is 4. The monoisotopic (exact) mass is 255 g/mol. The molecule has 1 aromatic rings. The Morgan fingerprint density at radius 2 is 2.18 bits per heavy atom. The number of aromatic carboxylic acids is 1. The molecule has 1 aromatic heterocycles. The predicted octanol–water partition coefficient (Wildman–Crippen LogP) is 2.96. The van der Waals surface area contributed by atoms with E-state index < -0.39 is 5.97 Å². The van der Waals surface area contributed by atoms with Gasteiger partial charge in [-0.25, -0.2) is 9.78 Å². The number of ether oxygens (including phenoxy) is 1. The van der Waals surface area contributed by atoms with Crippen molar-refractivity contribution >= 4 is 17.3 Å². The Morgan fingerprint density at radius 1 is 1.53 bits per heavy atom. The van der Waals surface area contributed by atoms with Gasteiger partial charge >= 0.3 is 5.97 Å². The molecule has 4 nitrogen and oxygen atoms in total. The molecule has 0 aromatic carbocycles. The summed E-state index contributed by atoms with van der Waals surface area (Å²) in [5.74, 6) is -0.949. The molecule has 0 unspecified atom stereocenters. The highest BCUT2D eigenvalue weighted by molar-refractivity contribution is 7.12. The van der Waals surface area contributed by atoms with Crippen LogP contribution in [0.3, 0.4) is 0 Å². The molecule has 17 heavy (non-hydrogen) atoms. The van der Waals surface area contributed by atoms with Crippen molar-refractivity contribution in [3.05, 3.63) is 15.6 Å². The van der Waals surface area contributed by atoms with Gasteiger partial charge in [0.15, 0.2) is 5.69 Å². The van der Waals surface area contributed by atoms with Gasteiger partial charge in [-0.2, -0.15) is 0 Å². The summed E-state index contributed by atoms with van der Waals surface area (Å²) >= 11 is 1.46. The number of thiazole rings is 1. The highest BCUT2D eigenvalue weighted by Gasteiger charge is 2.40. The first kappa shape index (κ1) is 12.5. The van der Waals surface area contributed by atoms with Crippen molar-refractivity contribution in [1.29, 1.82) is 0 Å². The molecular formula is C12H17NO3S. The third-order valence-electron chi connectivity index (χ3n) is 3.22. The van der Waals surface area contributed by atoms with Crippen LogP contribution in [-0.4, -0.2) is 22.7 Å². The van der Waals surface area contributed by atoms with E-state index in [1.807, 2.05) is 6.92 Å². The van der Waals surface area contributed by atoms with E-state index in [4.69, 9.17) is 9.84 Å². The Kier molecular flexibility index (Phi) is 3.49. The van der Waals surface area contributed by atoms with Gasteiger partial charge in [-0.3, -0.25) is 0 Å². The smallest absolute Gasteiger partial charge is 0.355 e. The molecule has 1 N–H and O–H groups in total. The molecule has 1 aliphatic rings. The first-order valence-corrected chi connectivity index (χ1v) is 6.76. The summed E-state index contributed by atoms with van der Waals surface area (Å²) in [4.78, 5) is 16.1. The lowest BCUT2D eigenvalue weighted by molar-refractivity contribution is -0.0391. The molecule has 94 valence electrons. The van der Waals surface area contributed by atoms with Crippen molar-refractivity contribution in [3.8, 4) is 0 Å². The molecule has 2 rings (SSSR count). The maximum absolute atomic E-state index is 11.0. The SMILES string of the molecule is CCOC1(c2nc(C(=O)O)c(C)s2)CCCC1. The van der Waals surface area contributed by atoms with Crippen molar-refractivity contribution in [3.63, 3.8) is 0 Å². The fourth-order valence-corrected chi connectivity index (χ4v) is 3.54. The zero-order valence-electron chi connectivity index (χ0n) is 10.2. The van der Waals surface area contributed by atoms with Crippen LogP contribution in [0.15, 0.2) is 0 Å². The zero-order chi connectivity index (χ0) is 12.5. The van der Waals surface area contributed by atoms with E-state index in [9.17, 15) is 4.79 Å². The van der Waals surface area contributed by atoms with Crippen LogP contribution in [0.5, 0.6) is 0 Å². The van der Waals surface area contributed by atoms with Gasteiger partial charge in [0.1, 0.15) is 10.6 Å². The maximum Gasteiger partial charge on any atom is 0.355 e. The molecular weight excluding hydrogens is 238 g/mol. The van der Waals surface area contributed by atoms with Crippen molar-refractivity contribution in [2.75, 3.05) is 6.61 Å². The minimum absolute atomic E-state index is 0.177. The lowest BCUT2D eigenvalue weighted by Crippen LogP contribution is -2.26. The molecule has 0 spiro atoms. The van der Waals surface area contributed by atoms with E-state index in [1.165, 1.54) is 11.3 Å². The number of aromatic nitrogens is 1. The Bertz CT molecular complexity index is 421. The van der Waals surface area contributed by atoms with Gasteiger partial charge in [0.05, 0.1) is 0 Å². The summed E-state index contributed by atoms with van der Waals surface area (Å²) in [6.07, 6.45) is 4.15. The third kappa shape index (κ3) is 2.21. The summed E-state index contributed by atoms with van der Waals surface area (Å²) in [7, 11) is 0. The van der Waals surface area contributed by atoms with E-state index in [0.29, 0.717) is 6.61 Å². The van der Waals surface area contributed by atoms with Crippen LogP contribution in [0.4, 0.5) is 0 Å². The molecule has 1 aliphatic carbocycles. The molecule has 0 atom stereocenters. The number of carboxylic acid groups (broad SMARTS) is 1. The van der Waals surface area contributed by atoms with Crippen molar-refractivity contribution < 1.29 is 14.6 Å². The highest BCUT2D eigenvalue weighted by atomic mass is 32.1. The lowest BCUT2D eigenvalue weighted by atomic mass is 10.0. The number of aryl methyl sites for hydroxylation is 1. The Balaban J connectivity index is 2.37. The van der Waals surface area contributed by atoms with Crippen molar-refractivity contribution in [1.82, 2.24) is 4.98 Å². The molecule has 0 radical (unpaired) electrons. The minimum atomic E-state index is -0.949. The summed E-state index contributed by atoms with van der Waals surface area (Å²) in [5.41, 5.74) is -0.145. The van der Waals surface area contributed by atoms with E-state index in [2.05, 4.69) is 4.98 Å². The van der Waals surface area contributed by atoms with Gasteiger partial charge < -0.3 is 9.84 Å². The predicted molar refractivity (Wildman–Crippen MR) is 65.6 cm³/mol. The number of carboxylic acids is 1. The first-order valence-electron chi connectivity index (χ1n) is 5.94. The van der Waals surface area contributed by atoms with Gasteiger partial charge in [-0.15, -0.1) is 11.3 Å². The van der Waals surface area contributed by atoms with Crippen LogP contribution in [-0.2, 0) is 10.3 Å². The molecule has 1 fully saturated rings.